The van der Waals surface area contributed by atoms with Crippen LogP contribution in [0.1, 0.15) is 25.3 Å². The Hall–Kier alpha value is -1.35. The first kappa shape index (κ1) is 17.0. The minimum atomic E-state index is -0.840. The fraction of sp³-hybridized carbons (Fsp3) is 0.278. The number of ketones is 1. The molecule has 2 aromatic carbocycles. The lowest BCUT2D eigenvalue weighted by Gasteiger charge is -2.08. The molecule has 1 N–H and O–H groups in total. The quantitative estimate of drug-likeness (QED) is 0.811. The molecule has 116 valence electrons. The maximum Gasteiger partial charge on any atom is 0.158 e. The molecule has 4 heteroatoms. The van der Waals surface area contributed by atoms with Gasteiger partial charge in [-0.3, -0.25) is 4.79 Å². The number of Topliss-reactive ketones (excluding diaryl/α,β-unsaturated/α-hetero) is 1. The summed E-state index contributed by atoms with van der Waals surface area (Å²) in [5.74, 6) is -0.173. The van der Waals surface area contributed by atoms with Gasteiger partial charge in [-0.05, 0) is 61.1 Å². The van der Waals surface area contributed by atoms with Gasteiger partial charge in [-0.25, -0.2) is 0 Å². The van der Waals surface area contributed by atoms with Crippen molar-refractivity contribution in [3.8, 4) is 11.1 Å². The Morgan fingerprint density at radius 1 is 1.05 bits per heavy atom. The standard InChI is InChI=1S/C18H18Cl2O2/c1-12(21)18(22)4-2-3-13-5-7-14(8-6-13)15-9-16(19)11-17(20)10-15/h5-11,18,22H,2-4H2,1H3. The van der Waals surface area contributed by atoms with Gasteiger partial charge in [0.1, 0.15) is 6.10 Å². The molecule has 0 spiro atoms. The Kier molecular flexibility index (Phi) is 6.01. The lowest BCUT2D eigenvalue weighted by atomic mass is 10.0. The predicted molar refractivity (Wildman–Crippen MR) is 91.5 cm³/mol. The van der Waals surface area contributed by atoms with Crippen molar-refractivity contribution in [2.45, 2.75) is 32.3 Å². The number of halogens is 2. The summed E-state index contributed by atoms with van der Waals surface area (Å²) in [4.78, 5) is 11.0. The minimum absolute atomic E-state index is 0.173. The first-order valence-electron chi connectivity index (χ1n) is 7.19. The van der Waals surface area contributed by atoms with Crippen LogP contribution in [0, 0.1) is 0 Å². The van der Waals surface area contributed by atoms with Gasteiger partial charge in [-0.1, -0.05) is 47.5 Å². The van der Waals surface area contributed by atoms with Gasteiger partial charge in [0.15, 0.2) is 5.78 Å². The van der Waals surface area contributed by atoms with Gasteiger partial charge in [0, 0.05) is 10.0 Å². The number of carbonyl (C=O) groups is 1. The van der Waals surface area contributed by atoms with E-state index in [1.165, 1.54) is 12.5 Å². The lowest BCUT2D eigenvalue weighted by molar-refractivity contribution is -0.125. The topological polar surface area (TPSA) is 37.3 Å². The molecule has 0 aliphatic carbocycles. The number of aliphatic hydroxyl groups is 1. The SMILES string of the molecule is CC(=O)C(O)CCCc1ccc(-c2cc(Cl)cc(Cl)c2)cc1. The highest BCUT2D eigenvalue weighted by Crippen LogP contribution is 2.27. The van der Waals surface area contributed by atoms with E-state index < -0.39 is 6.10 Å². The second kappa shape index (κ2) is 7.77. The Bertz CT molecular complexity index is 630. The molecule has 0 bridgehead atoms. The highest BCUT2D eigenvalue weighted by molar-refractivity contribution is 6.35. The van der Waals surface area contributed by atoms with Crippen LogP contribution in [0.3, 0.4) is 0 Å². The molecule has 0 amide bonds. The molecule has 2 rings (SSSR count). The fourth-order valence-corrected chi connectivity index (χ4v) is 2.81. The van der Waals surface area contributed by atoms with Crippen molar-refractivity contribution < 1.29 is 9.90 Å². The van der Waals surface area contributed by atoms with E-state index >= 15 is 0 Å². The molecular weight excluding hydrogens is 319 g/mol. The minimum Gasteiger partial charge on any atom is -0.385 e. The predicted octanol–water partition coefficient (Wildman–Crippen LogP) is 4.93. The van der Waals surface area contributed by atoms with Crippen LogP contribution >= 0.6 is 23.2 Å². The molecule has 1 atom stereocenters. The molecule has 0 aromatic heterocycles. The second-order valence-corrected chi connectivity index (χ2v) is 6.25. The van der Waals surface area contributed by atoms with Crippen molar-refractivity contribution in [3.63, 3.8) is 0 Å². The summed E-state index contributed by atoms with van der Waals surface area (Å²) in [5, 5.41) is 10.7. The Morgan fingerprint density at radius 3 is 2.18 bits per heavy atom. The van der Waals surface area contributed by atoms with Crippen LogP contribution in [0.5, 0.6) is 0 Å². The molecule has 0 radical (unpaired) electrons. The zero-order chi connectivity index (χ0) is 16.1. The van der Waals surface area contributed by atoms with E-state index in [0.29, 0.717) is 16.5 Å². The zero-order valence-corrected chi connectivity index (χ0v) is 13.9. The molecule has 0 saturated heterocycles. The zero-order valence-electron chi connectivity index (χ0n) is 12.4. The molecule has 0 heterocycles. The molecule has 2 aromatic rings. The molecule has 0 aliphatic heterocycles. The Morgan fingerprint density at radius 2 is 1.64 bits per heavy atom. The first-order chi connectivity index (χ1) is 10.5. The largest absolute Gasteiger partial charge is 0.385 e. The number of carbonyl (C=O) groups excluding carboxylic acids is 1. The van der Waals surface area contributed by atoms with Crippen LogP contribution in [0.15, 0.2) is 42.5 Å². The third-order valence-electron chi connectivity index (χ3n) is 3.56. The monoisotopic (exact) mass is 336 g/mol. The van der Waals surface area contributed by atoms with Crippen molar-refractivity contribution in [1.29, 1.82) is 0 Å². The summed E-state index contributed by atoms with van der Waals surface area (Å²) in [6, 6.07) is 13.6. The highest BCUT2D eigenvalue weighted by atomic mass is 35.5. The van der Waals surface area contributed by atoms with E-state index in [9.17, 15) is 9.90 Å². The van der Waals surface area contributed by atoms with E-state index in [0.717, 1.165) is 24.0 Å². The lowest BCUT2D eigenvalue weighted by Crippen LogP contribution is -2.16. The molecular formula is C18H18Cl2O2. The summed E-state index contributed by atoms with van der Waals surface area (Å²) >= 11 is 12.0. The summed E-state index contributed by atoms with van der Waals surface area (Å²) in [5.41, 5.74) is 3.21. The molecule has 22 heavy (non-hydrogen) atoms. The maximum absolute atomic E-state index is 11.0. The van der Waals surface area contributed by atoms with Gasteiger partial charge in [-0.2, -0.15) is 0 Å². The van der Waals surface area contributed by atoms with Crippen molar-refractivity contribution in [2.75, 3.05) is 0 Å². The van der Waals surface area contributed by atoms with Crippen LogP contribution in [0.4, 0.5) is 0 Å². The molecule has 0 aliphatic rings. The Balaban J connectivity index is 1.99. The van der Waals surface area contributed by atoms with E-state index in [2.05, 4.69) is 0 Å². The third kappa shape index (κ3) is 4.84. The van der Waals surface area contributed by atoms with E-state index in [1.807, 2.05) is 36.4 Å². The number of benzene rings is 2. The van der Waals surface area contributed by atoms with Gasteiger partial charge in [0.25, 0.3) is 0 Å². The van der Waals surface area contributed by atoms with Crippen molar-refractivity contribution >= 4 is 29.0 Å². The van der Waals surface area contributed by atoms with Crippen LogP contribution in [-0.2, 0) is 11.2 Å². The van der Waals surface area contributed by atoms with E-state index in [1.54, 1.807) is 6.07 Å². The van der Waals surface area contributed by atoms with Crippen LogP contribution in [0.2, 0.25) is 10.0 Å². The number of hydrogen-bond donors (Lipinski definition) is 1. The van der Waals surface area contributed by atoms with Gasteiger partial charge in [-0.15, -0.1) is 0 Å². The summed E-state index contributed by atoms with van der Waals surface area (Å²) in [6.07, 6.45) is 1.28. The number of rotatable bonds is 6. The number of aryl methyl sites for hydroxylation is 1. The summed E-state index contributed by atoms with van der Waals surface area (Å²) in [6.45, 7) is 1.41. The molecule has 1 unspecified atom stereocenters. The van der Waals surface area contributed by atoms with Gasteiger partial charge in [0.05, 0.1) is 0 Å². The molecule has 0 saturated carbocycles. The van der Waals surface area contributed by atoms with Gasteiger partial charge < -0.3 is 5.11 Å². The van der Waals surface area contributed by atoms with Gasteiger partial charge >= 0.3 is 0 Å². The van der Waals surface area contributed by atoms with Gasteiger partial charge in [0.2, 0.25) is 0 Å². The van der Waals surface area contributed by atoms with Crippen molar-refractivity contribution in [1.82, 2.24) is 0 Å². The van der Waals surface area contributed by atoms with Crippen LogP contribution in [0.25, 0.3) is 11.1 Å². The van der Waals surface area contributed by atoms with Crippen molar-refractivity contribution in [3.05, 3.63) is 58.1 Å². The number of hydrogen-bond acceptors (Lipinski definition) is 2. The average Bonchev–Trinajstić information content (AvgIpc) is 2.46. The smallest absolute Gasteiger partial charge is 0.158 e. The first-order valence-corrected chi connectivity index (χ1v) is 7.95. The molecule has 0 fully saturated rings. The average molecular weight is 337 g/mol. The highest BCUT2D eigenvalue weighted by Gasteiger charge is 2.09. The number of aliphatic hydroxyl groups excluding tert-OH is 1. The Labute approximate surface area is 140 Å². The van der Waals surface area contributed by atoms with Crippen LogP contribution in [-0.4, -0.2) is 17.0 Å². The molecule has 2 nitrogen and oxygen atoms in total. The van der Waals surface area contributed by atoms with Crippen molar-refractivity contribution in [2.24, 2.45) is 0 Å². The summed E-state index contributed by atoms with van der Waals surface area (Å²) < 4.78 is 0. The fourth-order valence-electron chi connectivity index (χ4n) is 2.29. The third-order valence-corrected chi connectivity index (χ3v) is 4.00. The summed E-state index contributed by atoms with van der Waals surface area (Å²) in [7, 11) is 0. The normalized spacial score (nSPS) is 12.2. The second-order valence-electron chi connectivity index (χ2n) is 5.37. The van der Waals surface area contributed by atoms with E-state index in [4.69, 9.17) is 23.2 Å². The maximum atomic E-state index is 11.0. The van der Waals surface area contributed by atoms with E-state index in [-0.39, 0.29) is 5.78 Å². The van der Waals surface area contributed by atoms with Crippen LogP contribution < -0.4 is 0 Å².